The number of alkyl halides is 2. The fourth-order valence-corrected chi connectivity index (χ4v) is 4.61. The summed E-state index contributed by atoms with van der Waals surface area (Å²) < 4.78 is 65.9. The predicted molar refractivity (Wildman–Crippen MR) is 149 cm³/mol. The Kier molecular flexibility index (Phi) is 7.46. The maximum atomic E-state index is 15.2. The summed E-state index contributed by atoms with van der Waals surface area (Å²) in [7, 11) is 7.96. The number of nitrogens with one attached hydrogen (secondary N) is 2. The molecule has 3 aromatic rings. The third-order valence-electron chi connectivity index (χ3n) is 7.31. The molecule has 2 aromatic carbocycles. The third kappa shape index (κ3) is 5.34. The van der Waals surface area contributed by atoms with Crippen LogP contribution in [0.5, 0.6) is 17.2 Å². The number of rotatable bonds is 8. The van der Waals surface area contributed by atoms with Gasteiger partial charge < -0.3 is 25.8 Å². The molecule has 0 unspecified atom stereocenters. The molecular weight excluding hydrogens is 539 g/mol. The first-order chi connectivity index (χ1) is 18.1. The van der Waals surface area contributed by atoms with Crippen molar-refractivity contribution in [2.75, 3.05) is 11.9 Å². The number of ether oxygens (including phenoxy) is 2. The van der Waals surface area contributed by atoms with Gasteiger partial charge in [0, 0.05) is 29.8 Å². The Morgan fingerprint density at radius 1 is 1.13 bits per heavy atom. The van der Waals surface area contributed by atoms with E-state index < -0.39 is 47.4 Å². The van der Waals surface area contributed by atoms with E-state index in [1.54, 1.807) is 0 Å². The van der Waals surface area contributed by atoms with E-state index in [2.05, 4.69) is 15.6 Å². The molecule has 200 valence electrons. The predicted octanol–water partition coefficient (Wildman–Crippen LogP) is 0.970. The Labute approximate surface area is 229 Å². The standard InChI is InChI=1S/C22H21B4ClF4N4O4/c23-21(24)19(22(21,25)26)35-20(37)34-11-4-9(28)17(16(31)15(11)27)39-12-1-2-33-10-5-13(38-6-14(29)30)8(18(32)36)3-7(10)12/h1-5,14,19H,6,23-26H2,(H2,32,36)(H2,34,35,37). The monoisotopic (exact) mass is 560 g/mol. The van der Waals surface area contributed by atoms with Crippen molar-refractivity contribution in [3.8, 4) is 17.2 Å². The van der Waals surface area contributed by atoms with Crippen molar-refractivity contribution in [3.05, 3.63) is 52.7 Å². The van der Waals surface area contributed by atoms with Gasteiger partial charge in [0.15, 0.2) is 17.4 Å². The summed E-state index contributed by atoms with van der Waals surface area (Å²) in [4.78, 5) is 28.5. The minimum absolute atomic E-state index is 0.0851. The maximum absolute atomic E-state index is 15.2. The number of hydrogen-bond donors (Lipinski definition) is 3. The first-order valence-corrected chi connectivity index (χ1v) is 12.1. The Morgan fingerprint density at radius 3 is 2.38 bits per heavy atom. The number of nitrogens with two attached hydrogens (primary N) is 1. The minimum atomic E-state index is -2.81. The second-order valence-corrected chi connectivity index (χ2v) is 10.6. The van der Waals surface area contributed by atoms with Crippen LogP contribution in [0.1, 0.15) is 10.4 Å². The number of aromatic nitrogens is 1. The lowest BCUT2D eigenvalue weighted by Gasteiger charge is -2.16. The number of nitrogens with zero attached hydrogens (tertiary/aromatic N) is 1. The van der Waals surface area contributed by atoms with E-state index >= 15 is 8.78 Å². The molecule has 1 aromatic heterocycles. The summed E-state index contributed by atoms with van der Waals surface area (Å²) in [5.41, 5.74) is 4.88. The van der Waals surface area contributed by atoms with Crippen LogP contribution in [0.25, 0.3) is 10.9 Å². The molecule has 1 fully saturated rings. The average molecular weight is 560 g/mol. The summed E-state index contributed by atoms with van der Waals surface area (Å²) in [5.74, 6) is -4.75. The molecule has 8 nitrogen and oxygen atoms in total. The lowest BCUT2D eigenvalue weighted by molar-refractivity contribution is 0.0802. The summed E-state index contributed by atoms with van der Waals surface area (Å²) in [6, 6.07) is 3.55. The van der Waals surface area contributed by atoms with E-state index in [9.17, 15) is 18.4 Å². The van der Waals surface area contributed by atoms with Crippen LogP contribution in [-0.4, -0.2) is 67.4 Å². The van der Waals surface area contributed by atoms with Crippen LogP contribution in [0.3, 0.4) is 0 Å². The first-order valence-electron chi connectivity index (χ1n) is 11.7. The van der Waals surface area contributed by atoms with Gasteiger partial charge >= 0.3 is 6.03 Å². The second-order valence-electron chi connectivity index (χ2n) is 10.2. The number of carbonyl (C=O) groups is 2. The number of urea groups is 1. The molecule has 17 heteroatoms. The molecular formula is C22H21B4ClF4N4O4. The number of hydrogen-bond acceptors (Lipinski definition) is 5. The van der Waals surface area contributed by atoms with Crippen molar-refractivity contribution in [2.24, 2.45) is 5.73 Å². The van der Waals surface area contributed by atoms with Crippen molar-refractivity contribution in [1.82, 2.24) is 10.3 Å². The quantitative estimate of drug-likeness (QED) is 0.216. The normalized spacial score (nSPS) is 15.6. The Bertz CT molecular complexity index is 1480. The minimum Gasteiger partial charge on any atom is -0.487 e. The molecule has 3 amide bonds. The van der Waals surface area contributed by atoms with E-state index in [1.807, 2.05) is 31.4 Å². The van der Waals surface area contributed by atoms with Crippen LogP contribution in [0, 0.1) is 11.6 Å². The number of amides is 3. The van der Waals surface area contributed by atoms with Crippen LogP contribution in [-0.2, 0) is 0 Å². The van der Waals surface area contributed by atoms with E-state index in [4.69, 9.17) is 26.8 Å². The molecule has 39 heavy (non-hydrogen) atoms. The molecule has 1 aliphatic carbocycles. The SMILES string of the molecule is BC1(B)C(NC(=O)Nc2cc(F)c(Oc3ccnc4cc(OCC(F)F)c(C(N)=O)cc34)c(F)c2Cl)C1(B)B. The Morgan fingerprint density at radius 2 is 1.79 bits per heavy atom. The van der Waals surface area contributed by atoms with Gasteiger partial charge in [0.1, 0.15) is 54.5 Å². The number of anilines is 1. The summed E-state index contributed by atoms with van der Waals surface area (Å²) in [6.45, 7) is -0.995. The number of benzene rings is 2. The second kappa shape index (κ2) is 10.2. The molecule has 1 heterocycles. The zero-order chi connectivity index (χ0) is 28.9. The van der Waals surface area contributed by atoms with Crippen molar-refractivity contribution in [3.63, 3.8) is 0 Å². The smallest absolute Gasteiger partial charge is 0.319 e. The molecule has 0 aliphatic heterocycles. The average Bonchev–Trinajstić information content (AvgIpc) is 3.24. The third-order valence-corrected chi connectivity index (χ3v) is 7.68. The van der Waals surface area contributed by atoms with E-state index in [1.165, 1.54) is 18.3 Å². The van der Waals surface area contributed by atoms with Gasteiger partial charge in [-0.3, -0.25) is 9.78 Å². The highest BCUT2D eigenvalue weighted by Crippen LogP contribution is 2.67. The number of carbonyl (C=O) groups excluding carboxylic acids is 2. The summed E-state index contributed by atoms with van der Waals surface area (Å²) in [5, 5.41) is 4.28. The highest BCUT2D eigenvalue weighted by Gasteiger charge is 2.63. The van der Waals surface area contributed by atoms with E-state index in [-0.39, 0.29) is 50.1 Å². The number of pyridine rings is 1. The Hall–Kier alpha value is -3.54. The molecule has 4 rings (SSSR count). The molecule has 0 bridgehead atoms. The van der Waals surface area contributed by atoms with Crippen LogP contribution in [0.2, 0.25) is 15.5 Å². The number of fused-ring (bicyclic) bond motifs is 1. The van der Waals surface area contributed by atoms with Gasteiger partial charge in [-0.2, -0.15) is 0 Å². The van der Waals surface area contributed by atoms with Crippen molar-refractivity contribution < 1.29 is 36.6 Å². The maximum Gasteiger partial charge on any atom is 0.319 e. The zero-order valence-electron chi connectivity index (χ0n) is 21.3. The number of halogens is 5. The van der Waals surface area contributed by atoms with Crippen molar-refractivity contribution in [1.29, 1.82) is 0 Å². The Balaban J connectivity index is 1.62. The molecule has 0 atom stereocenters. The highest BCUT2D eigenvalue weighted by molar-refractivity contribution is 6.61. The van der Waals surface area contributed by atoms with E-state index in [0.29, 0.717) is 0 Å². The van der Waals surface area contributed by atoms with Crippen molar-refractivity contribution in [2.45, 2.75) is 22.9 Å². The fourth-order valence-electron chi connectivity index (χ4n) is 4.42. The fraction of sp³-hybridized carbons (Fsp3) is 0.227. The van der Waals surface area contributed by atoms with Crippen LogP contribution >= 0.6 is 11.6 Å². The molecule has 1 aliphatic rings. The van der Waals surface area contributed by atoms with Gasteiger partial charge in [-0.05, 0) is 12.1 Å². The molecule has 0 radical (unpaired) electrons. The lowest BCUT2D eigenvalue weighted by Crippen LogP contribution is -2.34. The molecule has 0 saturated heterocycles. The van der Waals surface area contributed by atoms with Gasteiger partial charge in [-0.25, -0.2) is 22.4 Å². The zero-order valence-corrected chi connectivity index (χ0v) is 22.1. The van der Waals surface area contributed by atoms with Crippen molar-refractivity contribution >= 4 is 71.5 Å². The topological polar surface area (TPSA) is 116 Å². The number of primary amides is 1. The largest absolute Gasteiger partial charge is 0.487 e. The van der Waals surface area contributed by atoms with E-state index in [0.717, 1.165) is 12.1 Å². The molecule has 1 saturated carbocycles. The molecule has 4 N–H and O–H groups in total. The highest BCUT2D eigenvalue weighted by atomic mass is 35.5. The van der Waals surface area contributed by atoms with Crippen LogP contribution in [0.15, 0.2) is 30.5 Å². The van der Waals surface area contributed by atoms with Gasteiger partial charge in [0.05, 0.1) is 16.8 Å². The van der Waals surface area contributed by atoms with Gasteiger partial charge in [-0.1, -0.05) is 22.0 Å². The lowest BCUT2D eigenvalue weighted by atomic mass is 9.49. The van der Waals surface area contributed by atoms with Crippen LogP contribution in [0.4, 0.5) is 28.0 Å². The summed E-state index contributed by atoms with van der Waals surface area (Å²) in [6.07, 6.45) is -1.58. The van der Waals surface area contributed by atoms with Gasteiger partial charge in [-0.15, -0.1) is 0 Å². The van der Waals surface area contributed by atoms with Gasteiger partial charge in [0.25, 0.3) is 12.3 Å². The summed E-state index contributed by atoms with van der Waals surface area (Å²) >= 11 is 6.10. The first kappa shape index (κ1) is 28.5. The van der Waals surface area contributed by atoms with Crippen LogP contribution < -0.4 is 25.8 Å². The molecule has 0 spiro atoms. The van der Waals surface area contributed by atoms with Gasteiger partial charge in [0.2, 0.25) is 0 Å².